The number of halogens is 3. The number of likely N-dealkylation sites (tertiary alicyclic amines) is 1. The summed E-state index contributed by atoms with van der Waals surface area (Å²) in [6, 6.07) is 5.12. The molecule has 1 N–H and O–H groups in total. The Kier molecular flexibility index (Phi) is 4.70. The van der Waals surface area contributed by atoms with Gasteiger partial charge in [-0.25, -0.2) is 0 Å². The fourth-order valence-corrected chi connectivity index (χ4v) is 2.70. The van der Waals surface area contributed by atoms with Gasteiger partial charge in [-0.3, -0.25) is 4.90 Å². The highest BCUT2D eigenvalue weighted by atomic mass is 19.4. The largest absolute Gasteiger partial charge is 0.416 e. The molecule has 1 saturated heterocycles. The topological polar surface area (TPSA) is 15.3 Å². The van der Waals surface area contributed by atoms with Gasteiger partial charge in [0.2, 0.25) is 0 Å². The Labute approximate surface area is 118 Å². The minimum absolute atomic E-state index is 0.372. The van der Waals surface area contributed by atoms with Crippen molar-refractivity contribution in [2.24, 2.45) is 0 Å². The van der Waals surface area contributed by atoms with Gasteiger partial charge in [-0.05, 0) is 37.1 Å². The molecule has 1 aromatic rings. The number of hydrogen-bond donors (Lipinski definition) is 1. The molecule has 5 heteroatoms. The van der Waals surface area contributed by atoms with Gasteiger partial charge in [0.25, 0.3) is 0 Å². The van der Waals surface area contributed by atoms with Gasteiger partial charge in [-0.2, -0.15) is 13.2 Å². The van der Waals surface area contributed by atoms with Crippen LogP contribution in [-0.4, -0.2) is 31.1 Å². The van der Waals surface area contributed by atoms with Crippen molar-refractivity contribution >= 4 is 0 Å². The van der Waals surface area contributed by atoms with E-state index < -0.39 is 11.7 Å². The smallest absolute Gasteiger partial charge is 0.316 e. The average molecular weight is 286 g/mol. The van der Waals surface area contributed by atoms with Gasteiger partial charge in [0.05, 0.1) is 5.56 Å². The highest BCUT2D eigenvalue weighted by Gasteiger charge is 2.34. The maximum atomic E-state index is 13.2. The third-order valence-electron chi connectivity index (χ3n) is 3.96. The maximum absolute atomic E-state index is 13.2. The minimum Gasteiger partial charge on any atom is -0.316 e. The fraction of sp³-hybridized carbons (Fsp3) is 0.600. The first-order valence-corrected chi connectivity index (χ1v) is 7.02. The molecule has 0 radical (unpaired) electrons. The number of nitrogens with zero attached hydrogens (tertiary/aromatic N) is 1. The average Bonchev–Trinajstić information content (AvgIpc) is 2.85. The van der Waals surface area contributed by atoms with Crippen LogP contribution in [0.4, 0.5) is 13.2 Å². The Bertz CT molecular complexity index is 457. The molecular formula is C15H21F3N2. The van der Waals surface area contributed by atoms with Crippen LogP contribution in [0.1, 0.15) is 30.0 Å². The molecule has 1 aliphatic rings. The normalized spacial score (nSPS) is 20.6. The predicted molar refractivity (Wildman–Crippen MR) is 73.6 cm³/mol. The Hall–Kier alpha value is -1.07. The van der Waals surface area contributed by atoms with Gasteiger partial charge in [0.1, 0.15) is 0 Å². The number of nitrogens with one attached hydrogen (secondary N) is 1. The maximum Gasteiger partial charge on any atom is 0.416 e. The second-order valence-corrected chi connectivity index (χ2v) is 5.35. The highest BCUT2D eigenvalue weighted by Crippen LogP contribution is 2.33. The molecule has 0 spiro atoms. The third kappa shape index (κ3) is 3.52. The van der Waals surface area contributed by atoms with E-state index in [1.807, 2.05) is 14.0 Å². The lowest BCUT2D eigenvalue weighted by Gasteiger charge is -2.20. The lowest BCUT2D eigenvalue weighted by Crippen LogP contribution is -2.29. The van der Waals surface area contributed by atoms with Crippen molar-refractivity contribution in [1.82, 2.24) is 10.2 Å². The van der Waals surface area contributed by atoms with Crippen molar-refractivity contribution in [3.8, 4) is 0 Å². The summed E-state index contributed by atoms with van der Waals surface area (Å²) in [5.41, 5.74) is 0.631. The van der Waals surface area contributed by atoms with E-state index >= 15 is 0 Å². The van der Waals surface area contributed by atoms with Gasteiger partial charge in [0, 0.05) is 25.7 Å². The van der Waals surface area contributed by atoms with Crippen molar-refractivity contribution in [3.63, 3.8) is 0 Å². The summed E-state index contributed by atoms with van der Waals surface area (Å²) >= 11 is 0. The van der Waals surface area contributed by atoms with E-state index in [1.165, 1.54) is 6.07 Å². The first-order valence-electron chi connectivity index (χ1n) is 7.02. The zero-order valence-corrected chi connectivity index (χ0v) is 11.9. The van der Waals surface area contributed by atoms with E-state index in [0.717, 1.165) is 25.1 Å². The van der Waals surface area contributed by atoms with Crippen LogP contribution in [0.15, 0.2) is 18.2 Å². The van der Waals surface area contributed by atoms with Gasteiger partial charge in [-0.1, -0.05) is 19.1 Å². The summed E-state index contributed by atoms with van der Waals surface area (Å²) in [4.78, 5) is 2.08. The van der Waals surface area contributed by atoms with Crippen LogP contribution in [-0.2, 0) is 19.1 Å². The second kappa shape index (κ2) is 6.14. The summed E-state index contributed by atoms with van der Waals surface area (Å²) in [7, 11) is 1.89. The van der Waals surface area contributed by atoms with Crippen LogP contribution in [0.5, 0.6) is 0 Å². The molecule has 0 bridgehead atoms. The summed E-state index contributed by atoms with van der Waals surface area (Å²) < 4.78 is 39.5. The number of benzene rings is 1. The number of alkyl halides is 3. The van der Waals surface area contributed by atoms with Crippen molar-refractivity contribution in [1.29, 1.82) is 0 Å². The lowest BCUT2D eigenvalue weighted by molar-refractivity contribution is -0.138. The van der Waals surface area contributed by atoms with Gasteiger partial charge >= 0.3 is 6.18 Å². The van der Waals surface area contributed by atoms with Crippen molar-refractivity contribution < 1.29 is 13.2 Å². The summed E-state index contributed by atoms with van der Waals surface area (Å²) in [6.07, 6.45) is -2.66. The summed E-state index contributed by atoms with van der Waals surface area (Å²) in [6.45, 7) is 3.89. The van der Waals surface area contributed by atoms with E-state index in [9.17, 15) is 13.2 Å². The fourth-order valence-electron chi connectivity index (χ4n) is 2.70. The van der Waals surface area contributed by atoms with E-state index in [2.05, 4.69) is 10.2 Å². The highest BCUT2D eigenvalue weighted by molar-refractivity contribution is 5.34. The zero-order chi connectivity index (χ0) is 14.8. The van der Waals surface area contributed by atoms with Crippen LogP contribution in [0.25, 0.3) is 0 Å². The summed E-state index contributed by atoms with van der Waals surface area (Å²) in [5, 5.41) is 3.18. The van der Waals surface area contributed by atoms with Gasteiger partial charge in [0.15, 0.2) is 0 Å². The first kappa shape index (κ1) is 15.3. The van der Waals surface area contributed by atoms with Gasteiger partial charge in [-0.15, -0.1) is 0 Å². The molecular weight excluding hydrogens is 265 g/mol. The third-order valence-corrected chi connectivity index (χ3v) is 3.96. The SMILES string of the molecule is CCc1ccc(CN2CCC(NC)C2)c(C(F)(F)F)c1. The quantitative estimate of drug-likeness (QED) is 0.915. The van der Waals surface area contributed by atoms with Crippen LogP contribution in [0.3, 0.4) is 0 Å². The molecule has 1 aromatic carbocycles. The monoisotopic (exact) mass is 286 g/mol. The van der Waals surface area contributed by atoms with E-state index in [1.54, 1.807) is 12.1 Å². The minimum atomic E-state index is -4.28. The molecule has 20 heavy (non-hydrogen) atoms. The molecule has 1 atom stereocenters. The molecule has 0 aliphatic carbocycles. The van der Waals surface area contributed by atoms with Gasteiger partial charge < -0.3 is 5.32 Å². The molecule has 112 valence electrons. The molecule has 0 saturated carbocycles. The van der Waals surface area contributed by atoms with Crippen LogP contribution < -0.4 is 5.32 Å². The summed E-state index contributed by atoms with van der Waals surface area (Å²) in [5.74, 6) is 0. The van der Waals surface area contributed by atoms with Crippen molar-refractivity contribution in [2.45, 2.75) is 38.5 Å². The van der Waals surface area contributed by atoms with Crippen LogP contribution >= 0.6 is 0 Å². The van der Waals surface area contributed by atoms with E-state index in [0.29, 0.717) is 24.6 Å². The Morgan fingerprint density at radius 3 is 2.65 bits per heavy atom. The molecule has 1 fully saturated rings. The number of hydrogen-bond acceptors (Lipinski definition) is 2. The number of rotatable bonds is 4. The van der Waals surface area contributed by atoms with Crippen LogP contribution in [0, 0.1) is 0 Å². The second-order valence-electron chi connectivity index (χ2n) is 5.35. The molecule has 0 amide bonds. The molecule has 0 aromatic heterocycles. The van der Waals surface area contributed by atoms with Crippen molar-refractivity contribution in [2.75, 3.05) is 20.1 Å². The molecule has 2 rings (SSSR count). The lowest BCUT2D eigenvalue weighted by atomic mass is 10.0. The predicted octanol–water partition coefficient (Wildman–Crippen LogP) is 3.06. The first-order chi connectivity index (χ1) is 9.44. The Balaban J connectivity index is 2.19. The number of likely N-dealkylation sites (N-methyl/N-ethyl adjacent to an activating group) is 1. The Morgan fingerprint density at radius 1 is 1.35 bits per heavy atom. The standard InChI is InChI=1S/C15H21F3N2/c1-3-11-4-5-12(14(8-11)15(16,17)18)9-20-7-6-13(10-20)19-2/h4-5,8,13,19H,3,6-7,9-10H2,1-2H3. The number of aryl methyl sites for hydroxylation is 1. The van der Waals surface area contributed by atoms with E-state index in [-0.39, 0.29) is 0 Å². The Morgan fingerprint density at radius 2 is 2.10 bits per heavy atom. The molecule has 1 heterocycles. The van der Waals surface area contributed by atoms with Crippen molar-refractivity contribution in [3.05, 3.63) is 34.9 Å². The molecule has 2 nitrogen and oxygen atoms in total. The molecule has 1 unspecified atom stereocenters. The van der Waals surface area contributed by atoms with Crippen LogP contribution in [0.2, 0.25) is 0 Å². The molecule has 1 aliphatic heterocycles. The van der Waals surface area contributed by atoms with E-state index in [4.69, 9.17) is 0 Å². The zero-order valence-electron chi connectivity index (χ0n) is 11.9.